The van der Waals surface area contributed by atoms with Crippen LogP contribution in [0.3, 0.4) is 0 Å². The van der Waals surface area contributed by atoms with Crippen molar-refractivity contribution in [3.8, 4) is 0 Å². The third-order valence-corrected chi connectivity index (χ3v) is 3.06. The monoisotopic (exact) mass is 314 g/mol. The Labute approximate surface area is 135 Å². The van der Waals surface area contributed by atoms with Gasteiger partial charge in [-0.05, 0) is 40.5 Å². The van der Waals surface area contributed by atoms with Gasteiger partial charge in [-0.25, -0.2) is 10.9 Å². The molecule has 0 fully saturated rings. The van der Waals surface area contributed by atoms with E-state index in [4.69, 9.17) is 0 Å². The number of rotatable bonds is 13. The molecule has 0 aromatic heterocycles. The van der Waals surface area contributed by atoms with Gasteiger partial charge >= 0.3 is 0 Å². The topological polar surface area (TPSA) is 82.3 Å². The summed E-state index contributed by atoms with van der Waals surface area (Å²) in [5, 5.41) is 0. The van der Waals surface area contributed by atoms with E-state index in [-0.39, 0.29) is 23.9 Å². The summed E-state index contributed by atoms with van der Waals surface area (Å²) in [6.07, 6.45) is 7.36. The summed E-state index contributed by atoms with van der Waals surface area (Å²) < 4.78 is 0. The first kappa shape index (κ1) is 20.9. The van der Waals surface area contributed by atoms with E-state index < -0.39 is 0 Å². The zero-order chi connectivity index (χ0) is 16.8. The van der Waals surface area contributed by atoms with Crippen LogP contribution in [0, 0.1) is 0 Å². The first-order valence-corrected chi connectivity index (χ1v) is 8.50. The number of hydrazine groups is 2. The van der Waals surface area contributed by atoms with Crippen molar-refractivity contribution < 1.29 is 9.59 Å². The second-order valence-electron chi connectivity index (χ2n) is 6.32. The number of unbranched alkanes of at least 4 members (excludes halogenated alkanes) is 5. The van der Waals surface area contributed by atoms with E-state index in [1.165, 1.54) is 0 Å². The number of hydrogen-bond acceptors (Lipinski definition) is 4. The van der Waals surface area contributed by atoms with Gasteiger partial charge < -0.3 is 0 Å². The lowest BCUT2D eigenvalue weighted by Crippen LogP contribution is -2.41. The average Bonchev–Trinajstić information content (AvgIpc) is 2.45. The summed E-state index contributed by atoms with van der Waals surface area (Å²) in [5.74, 6) is 0.117. The summed E-state index contributed by atoms with van der Waals surface area (Å²) in [7, 11) is 0. The molecule has 4 N–H and O–H groups in total. The molecule has 0 rings (SSSR count). The lowest BCUT2D eigenvalue weighted by molar-refractivity contribution is -0.123. The predicted molar refractivity (Wildman–Crippen MR) is 89.8 cm³/mol. The molecule has 6 heteroatoms. The van der Waals surface area contributed by atoms with Crippen LogP contribution in [0.1, 0.15) is 79.1 Å². The van der Waals surface area contributed by atoms with Crippen LogP contribution in [-0.4, -0.2) is 23.9 Å². The average molecular weight is 314 g/mol. The van der Waals surface area contributed by atoms with Crippen molar-refractivity contribution in [2.75, 3.05) is 0 Å². The van der Waals surface area contributed by atoms with Gasteiger partial charge in [-0.2, -0.15) is 0 Å². The van der Waals surface area contributed by atoms with Crippen molar-refractivity contribution in [2.24, 2.45) is 0 Å². The molecular formula is C16H34N4O2. The van der Waals surface area contributed by atoms with Gasteiger partial charge in [0.25, 0.3) is 0 Å². The van der Waals surface area contributed by atoms with Gasteiger partial charge in [0.15, 0.2) is 0 Å². The fourth-order valence-electron chi connectivity index (χ4n) is 1.85. The highest BCUT2D eigenvalue weighted by atomic mass is 16.2. The molecule has 0 unspecified atom stereocenters. The standard InChI is InChI=1S/C16H34N4O2/c1-13(2)17-19-15(21)11-9-7-5-6-8-10-12-16(22)20-18-14(3)4/h13-14,17-18H,5-12H2,1-4H3,(H,19,21)(H,20,22). The van der Waals surface area contributed by atoms with Gasteiger partial charge in [0.1, 0.15) is 0 Å². The van der Waals surface area contributed by atoms with E-state index in [1.54, 1.807) is 0 Å². The van der Waals surface area contributed by atoms with Crippen LogP contribution in [0.4, 0.5) is 0 Å². The molecular weight excluding hydrogens is 280 g/mol. The van der Waals surface area contributed by atoms with Gasteiger partial charge in [-0.3, -0.25) is 20.4 Å². The highest BCUT2D eigenvalue weighted by Crippen LogP contribution is 2.08. The summed E-state index contributed by atoms with van der Waals surface area (Å²) in [6, 6.07) is 0.522. The van der Waals surface area contributed by atoms with Crippen molar-refractivity contribution in [3.05, 3.63) is 0 Å². The van der Waals surface area contributed by atoms with E-state index in [0.717, 1.165) is 38.5 Å². The Hall–Kier alpha value is -1.14. The van der Waals surface area contributed by atoms with Crippen LogP contribution in [0.15, 0.2) is 0 Å². The highest BCUT2D eigenvalue weighted by molar-refractivity contribution is 5.75. The Morgan fingerprint density at radius 2 is 0.955 bits per heavy atom. The van der Waals surface area contributed by atoms with Crippen molar-refractivity contribution in [2.45, 2.75) is 91.1 Å². The first-order chi connectivity index (χ1) is 10.4. The maximum absolute atomic E-state index is 11.4. The molecule has 0 aliphatic carbocycles. The van der Waals surface area contributed by atoms with E-state index in [1.807, 2.05) is 27.7 Å². The van der Waals surface area contributed by atoms with E-state index in [0.29, 0.717) is 12.8 Å². The Kier molecular flexibility index (Phi) is 12.8. The number of hydrogen-bond donors (Lipinski definition) is 4. The summed E-state index contributed by atoms with van der Waals surface area (Å²) in [4.78, 5) is 22.9. The molecule has 0 saturated carbocycles. The Bertz CT molecular complexity index is 277. The SMILES string of the molecule is CC(C)NNC(=O)CCCCCCCCC(=O)NNC(C)C. The fourth-order valence-corrected chi connectivity index (χ4v) is 1.85. The molecule has 0 aliphatic rings. The molecule has 0 aromatic rings. The lowest BCUT2D eigenvalue weighted by atomic mass is 10.1. The maximum Gasteiger partial charge on any atom is 0.234 e. The normalized spacial score (nSPS) is 11.0. The largest absolute Gasteiger partial charge is 0.291 e. The quantitative estimate of drug-likeness (QED) is 0.310. The van der Waals surface area contributed by atoms with Crippen LogP contribution in [-0.2, 0) is 9.59 Å². The Morgan fingerprint density at radius 1 is 0.636 bits per heavy atom. The molecule has 130 valence electrons. The number of carbonyl (C=O) groups excluding carboxylic acids is 2. The zero-order valence-electron chi connectivity index (χ0n) is 14.6. The molecule has 0 aliphatic heterocycles. The second kappa shape index (κ2) is 13.5. The van der Waals surface area contributed by atoms with Crippen LogP contribution in [0.2, 0.25) is 0 Å². The van der Waals surface area contributed by atoms with E-state index in [9.17, 15) is 9.59 Å². The van der Waals surface area contributed by atoms with Crippen molar-refractivity contribution in [3.63, 3.8) is 0 Å². The van der Waals surface area contributed by atoms with Gasteiger partial charge in [0.05, 0.1) is 0 Å². The summed E-state index contributed by atoms with van der Waals surface area (Å²) in [6.45, 7) is 7.94. The van der Waals surface area contributed by atoms with Crippen LogP contribution in [0.5, 0.6) is 0 Å². The lowest BCUT2D eigenvalue weighted by Gasteiger charge is -2.10. The highest BCUT2D eigenvalue weighted by Gasteiger charge is 2.03. The Morgan fingerprint density at radius 3 is 1.27 bits per heavy atom. The molecule has 0 atom stereocenters. The van der Waals surface area contributed by atoms with Gasteiger partial charge in [0.2, 0.25) is 11.8 Å². The van der Waals surface area contributed by atoms with Crippen LogP contribution < -0.4 is 21.7 Å². The molecule has 0 bridgehead atoms. The third kappa shape index (κ3) is 15.3. The zero-order valence-corrected chi connectivity index (χ0v) is 14.6. The summed E-state index contributed by atoms with van der Waals surface area (Å²) in [5.41, 5.74) is 11.2. The van der Waals surface area contributed by atoms with Crippen molar-refractivity contribution >= 4 is 11.8 Å². The molecule has 6 nitrogen and oxygen atoms in total. The first-order valence-electron chi connectivity index (χ1n) is 8.50. The molecule has 0 spiro atoms. The molecule has 0 aromatic carbocycles. The molecule has 0 heterocycles. The van der Waals surface area contributed by atoms with Crippen LogP contribution in [0.25, 0.3) is 0 Å². The van der Waals surface area contributed by atoms with Gasteiger partial charge in [-0.15, -0.1) is 0 Å². The van der Waals surface area contributed by atoms with Gasteiger partial charge in [-0.1, -0.05) is 25.7 Å². The molecule has 0 saturated heterocycles. The fraction of sp³-hybridized carbons (Fsp3) is 0.875. The minimum atomic E-state index is 0.0584. The minimum Gasteiger partial charge on any atom is -0.291 e. The van der Waals surface area contributed by atoms with E-state index >= 15 is 0 Å². The number of carbonyl (C=O) groups is 2. The minimum absolute atomic E-state index is 0.0584. The molecule has 0 radical (unpaired) electrons. The number of amides is 2. The van der Waals surface area contributed by atoms with Crippen molar-refractivity contribution in [1.29, 1.82) is 0 Å². The van der Waals surface area contributed by atoms with Gasteiger partial charge in [0, 0.05) is 24.9 Å². The van der Waals surface area contributed by atoms with Crippen LogP contribution >= 0.6 is 0 Å². The maximum atomic E-state index is 11.4. The smallest absolute Gasteiger partial charge is 0.234 e. The third-order valence-electron chi connectivity index (χ3n) is 3.06. The predicted octanol–water partition coefficient (Wildman–Crippen LogP) is 2.17. The molecule has 22 heavy (non-hydrogen) atoms. The Balaban J connectivity index is 3.30. The van der Waals surface area contributed by atoms with E-state index in [2.05, 4.69) is 21.7 Å². The second-order valence-corrected chi connectivity index (χ2v) is 6.32. The number of nitrogens with one attached hydrogen (secondary N) is 4. The summed E-state index contributed by atoms with van der Waals surface area (Å²) >= 11 is 0. The van der Waals surface area contributed by atoms with Crippen molar-refractivity contribution in [1.82, 2.24) is 21.7 Å². The molecule has 2 amide bonds.